The highest BCUT2D eigenvalue weighted by Gasteiger charge is 2.32. The lowest BCUT2D eigenvalue weighted by atomic mass is 9.78. The summed E-state index contributed by atoms with van der Waals surface area (Å²) in [6, 6.07) is 0. The van der Waals surface area contributed by atoms with E-state index in [4.69, 9.17) is 0 Å². The molecule has 0 saturated heterocycles. The monoisotopic (exact) mass is 293 g/mol. The number of nitrogens with zero attached hydrogens (tertiary/aromatic N) is 2. The summed E-state index contributed by atoms with van der Waals surface area (Å²) >= 11 is 0. The van der Waals surface area contributed by atoms with Gasteiger partial charge in [0.2, 0.25) is 0 Å². The Balaban J connectivity index is 1.84. The molecule has 0 spiro atoms. The largest absolute Gasteiger partial charge is 0.389 e. The first-order valence-electron chi connectivity index (χ1n) is 8.39. The van der Waals surface area contributed by atoms with Crippen LogP contribution in [0.3, 0.4) is 0 Å². The molecule has 0 bridgehead atoms. The van der Waals surface area contributed by atoms with E-state index in [1.807, 2.05) is 11.7 Å². The molecule has 1 aromatic heterocycles. The first-order chi connectivity index (χ1) is 9.93. The zero-order valence-electron chi connectivity index (χ0n) is 14.0. The van der Waals surface area contributed by atoms with Gasteiger partial charge in [0.1, 0.15) is 0 Å². The van der Waals surface area contributed by atoms with Crippen LogP contribution in [0, 0.1) is 5.92 Å². The van der Waals surface area contributed by atoms with Crippen LogP contribution in [0.4, 0.5) is 0 Å². The highest BCUT2D eigenvalue weighted by Crippen LogP contribution is 2.33. The minimum atomic E-state index is -0.508. The molecule has 2 rings (SSSR count). The van der Waals surface area contributed by atoms with Crippen molar-refractivity contribution in [3.63, 3.8) is 0 Å². The van der Waals surface area contributed by atoms with E-state index < -0.39 is 5.60 Å². The molecule has 4 nitrogen and oxygen atoms in total. The molecule has 0 radical (unpaired) electrons. The molecule has 1 aliphatic carbocycles. The van der Waals surface area contributed by atoms with Crippen molar-refractivity contribution in [1.29, 1.82) is 0 Å². The summed E-state index contributed by atoms with van der Waals surface area (Å²) < 4.78 is 1.88. The topological polar surface area (TPSA) is 50.1 Å². The van der Waals surface area contributed by atoms with E-state index in [1.165, 1.54) is 24.8 Å². The second kappa shape index (κ2) is 6.93. The SMILES string of the molecule is CCC1CCC(O)(CNCc2cn(C)nc2C(C)C)CC1. The molecule has 1 heterocycles. The Kier molecular flexibility index (Phi) is 5.44. The Hall–Kier alpha value is -0.870. The maximum absolute atomic E-state index is 10.7. The number of hydrogen-bond donors (Lipinski definition) is 2. The van der Waals surface area contributed by atoms with Crippen LogP contribution < -0.4 is 5.32 Å². The molecule has 1 aliphatic rings. The van der Waals surface area contributed by atoms with E-state index in [-0.39, 0.29) is 0 Å². The van der Waals surface area contributed by atoms with E-state index in [1.54, 1.807) is 0 Å². The fraction of sp³-hybridized carbons (Fsp3) is 0.824. The minimum Gasteiger partial charge on any atom is -0.389 e. The molecule has 120 valence electrons. The molecule has 1 aromatic rings. The fourth-order valence-electron chi connectivity index (χ4n) is 3.41. The van der Waals surface area contributed by atoms with Crippen molar-refractivity contribution < 1.29 is 5.11 Å². The molecular weight excluding hydrogens is 262 g/mol. The third-order valence-corrected chi connectivity index (χ3v) is 4.87. The van der Waals surface area contributed by atoms with Crippen LogP contribution in [-0.2, 0) is 13.6 Å². The third kappa shape index (κ3) is 4.30. The Morgan fingerprint density at radius 1 is 1.43 bits per heavy atom. The van der Waals surface area contributed by atoms with E-state index >= 15 is 0 Å². The smallest absolute Gasteiger partial charge is 0.0771 e. The van der Waals surface area contributed by atoms with Gasteiger partial charge in [0.05, 0.1) is 11.3 Å². The second-order valence-corrected chi connectivity index (χ2v) is 7.05. The zero-order valence-corrected chi connectivity index (χ0v) is 14.0. The molecule has 0 unspecified atom stereocenters. The normalized spacial score (nSPS) is 26.5. The van der Waals surface area contributed by atoms with Gasteiger partial charge in [0, 0.05) is 31.9 Å². The van der Waals surface area contributed by atoms with E-state index in [2.05, 4.69) is 37.4 Å². The van der Waals surface area contributed by atoms with Crippen LogP contribution in [0.1, 0.15) is 70.1 Å². The van der Waals surface area contributed by atoms with Crippen molar-refractivity contribution in [2.45, 2.75) is 70.9 Å². The predicted molar refractivity (Wildman–Crippen MR) is 86.2 cm³/mol. The summed E-state index contributed by atoms with van der Waals surface area (Å²) in [5.41, 5.74) is 1.90. The lowest BCUT2D eigenvalue weighted by Gasteiger charge is -2.36. The number of nitrogens with one attached hydrogen (secondary N) is 1. The van der Waals surface area contributed by atoms with Crippen molar-refractivity contribution in [2.24, 2.45) is 13.0 Å². The van der Waals surface area contributed by atoms with Gasteiger partial charge in [-0.2, -0.15) is 5.10 Å². The molecular formula is C17H31N3O. The average Bonchev–Trinajstić information content (AvgIpc) is 2.81. The summed E-state index contributed by atoms with van der Waals surface area (Å²) in [5.74, 6) is 1.25. The number of aromatic nitrogens is 2. The van der Waals surface area contributed by atoms with Crippen molar-refractivity contribution >= 4 is 0 Å². The number of aryl methyl sites for hydroxylation is 1. The van der Waals surface area contributed by atoms with Gasteiger partial charge < -0.3 is 10.4 Å². The van der Waals surface area contributed by atoms with Crippen LogP contribution in [0.2, 0.25) is 0 Å². The zero-order chi connectivity index (χ0) is 15.5. The lowest BCUT2D eigenvalue weighted by molar-refractivity contribution is -0.00882. The van der Waals surface area contributed by atoms with Gasteiger partial charge in [-0.1, -0.05) is 27.2 Å². The number of rotatable bonds is 6. The molecule has 1 saturated carbocycles. The molecule has 0 aliphatic heterocycles. The molecule has 1 fully saturated rings. The van der Waals surface area contributed by atoms with Gasteiger partial charge in [-0.3, -0.25) is 4.68 Å². The van der Waals surface area contributed by atoms with Gasteiger partial charge in [-0.05, 0) is 37.5 Å². The van der Waals surface area contributed by atoms with Gasteiger partial charge >= 0.3 is 0 Å². The average molecular weight is 293 g/mol. The predicted octanol–water partition coefficient (Wildman–Crippen LogP) is 2.96. The highest BCUT2D eigenvalue weighted by molar-refractivity contribution is 5.20. The van der Waals surface area contributed by atoms with Crippen molar-refractivity contribution in [3.8, 4) is 0 Å². The van der Waals surface area contributed by atoms with Crippen LogP contribution in [-0.4, -0.2) is 27.0 Å². The van der Waals surface area contributed by atoms with E-state index in [0.717, 1.165) is 31.0 Å². The first kappa shape index (κ1) is 16.5. The van der Waals surface area contributed by atoms with Gasteiger partial charge in [-0.15, -0.1) is 0 Å². The van der Waals surface area contributed by atoms with Crippen molar-refractivity contribution in [2.75, 3.05) is 6.54 Å². The first-order valence-corrected chi connectivity index (χ1v) is 8.39. The summed E-state index contributed by atoms with van der Waals surface area (Å²) in [6.07, 6.45) is 7.53. The van der Waals surface area contributed by atoms with E-state index in [0.29, 0.717) is 12.5 Å². The number of aliphatic hydroxyl groups is 1. The Morgan fingerprint density at radius 2 is 2.10 bits per heavy atom. The minimum absolute atomic E-state index is 0.436. The standard InChI is InChI=1S/C17H31N3O/c1-5-14-6-8-17(21,9-7-14)12-18-10-15-11-20(4)19-16(15)13(2)3/h11,13-14,18,21H,5-10,12H2,1-4H3. The summed E-state index contributed by atoms with van der Waals surface area (Å²) in [6.45, 7) is 8.08. The van der Waals surface area contributed by atoms with Crippen LogP contribution >= 0.6 is 0 Å². The molecule has 4 heteroatoms. The van der Waals surface area contributed by atoms with Gasteiger partial charge in [0.25, 0.3) is 0 Å². The summed E-state index contributed by atoms with van der Waals surface area (Å²) in [5, 5.41) is 18.6. The van der Waals surface area contributed by atoms with Crippen LogP contribution in [0.15, 0.2) is 6.20 Å². The van der Waals surface area contributed by atoms with Crippen LogP contribution in [0.5, 0.6) is 0 Å². The lowest BCUT2D eigenvalue weighted by Crippen LogP contribution is -2.43. The molecule has 0 amide bonds. The Bertz CT molecular complexity index is 445. The fourth-order valence-corrected chi connectivity index (χ4v) is 3.41. The Labute approximate surface area is 128 Å². The molecule has 2 N–H and O–H groups in total. The quantitative estimate of drug-likeness (QED) is 0.848. The summed E-state index contributed by atoms with van der Waals surface area (Å²) in [7, 11) is 1.97. The maximum Gasteiger partial charge on any atom is 0.0771 e. The third-order valence-electron chi connectivity index (χ3n) is 4.87. The highest BCUT2D eigenvalue weighted by atomic mass is 16.3. The number of hydrogen-bond acceptors (Lipinski definition) is 3. The summed E-state index contributed by atoms with van der Waals surface area (Å²) in [4.78, 5) is 0. The van der Waals surface area contributed by atoms with Crippen molar-refractivity contribution in [3.05, 3.63) is 17.5 Å². The van der Waals surface area contributed by atoms with Gasteiger partial charge in [0.15, 0.2) is 0 Å². The maximum atomic E-state index is 10.7. The molecule has 0 aromatic carbocycles. The molecule has 0 atom stereocenters. The second-order valence-electron chi connectivity index (χ2n) is 7.05. The van der Waals surface area contributed by atoms with Gasteiger partial charge in [-0.25, -0.2) is 0 Å². The van der Waals surface area contributed by atoms with Crippen molar-refractivity contribution in [1.82, 2.24) is 15.1 Å². The van der Waals surface area contributed by atoms with E-state index in [9.17, 15) is 5.11 Å². The Morgan fingerprint density at radius 3 is 2.67 bits per heavy atom. The van der Waals surface area contributed by atoms with Crippen LogP contribution in [0.25, 0.3) is 0 Å². The molecule has 21 heavy (non-hydrogen) atoms.